The predicted molar refractivity (Wildman–Crippen MR) is 57.9 cm³/mol. The fraction of sp³-hybridized carbons (Fsp3) is 0.500. The summed E-state index contributed by atoms with van der Waals surface area (Å²) in [6.07, 6.45) is 1.66. The first kappa shape index (κ1) is 10.9. The van der Waals surface area contributed by atoms with Gasteiger partial charge in [0.25, 0.3) is 0 Å². The largest absolute Gasteiger partial charge is 0.508 e. The number of hydrogen-bond acceptors (Lipinski definition) is 2. The summed E-state index contributed by atoms with van der Waals surface area (Å²) in [4.78, 5) is 0. The third kappa shape index (κ3) is 2.00. The minimum absolute atomic E-state index is 0.211. The highest BCUT2D eigenvalue weighted by atomic mass is 16.3. The molecule has 1 unspecified atom stereocenters. The fourth-order valence-corrected chi connectivity index (χ4v) is 1.55. The summed E-state index contributed by atoms with van der Waals surface area (Å²) < 4.78 is 0. The molecule has 0 aliphatic carbocycles. The van der Waals surface area contributed by atoms with Gasteiger partial charge in [-0.05, 0) is 36.5 Å². The normalized spacial score (nSPS) is 12.8. The van der Waals surface area contributed by atoms with Gasteiger partial charge in [-0.2, -0.15) is 0 Å². The lowest BCUT2D eigenvalue weighted by Gasteiger charge is -2.12. The van der Waals surface area contributed by atoms with Crippen LogP contribution in [0.2, 0.25) is 0 Å². The van der Waals surface area contributed by atoms with Gasteiger partial charge in [-0.3, -0.25) is 0 Å². The molecule has 78 valence electrons. The molecule has 0 bridgehead atoms. The van der Waals surface area contributed by atoms with Crippen molar-refractivity contribution in [1.29, 1.82) is 0 Å². The van der Waals surface area contributed by atoms with Crippen molar-refractivity contribution in [1.82, 2.24) is 0 Å². The second kappa shape index (κ2) is 4.36. The molecular formula is C12H18O2. The van der Waals surface area contributed by atoms with Crippen molar-refractivity contribution < 1.29 is 10.2 Å². The van der Waals surface area contributed by atoms with Gasteiger partial charge in [0.05, 0.1) is 0 Å². The van der Waals surface area contributed by atoms with Crippen LogP contribution in [-0.4, -0.2) is 10.2 Å². The Morgan fingerprint density at radius 1 is 1.14 bits per heavy atom. The SMILES string of the molecule is CCc1c(O)cc(C(C)CC)cc1O. The van der Waals surface area contributed by atoms with Crippen LogP contribution < -0.4 is 0 Å². The van der Waals surface area contributed by atoms with E-state index in [0.29, 0.717) is 17.9 Å². The molecule has 0 heterocycles. The molecule has 1 rings (SSSR count). The van der Waals surface area contributed by atoms with Gasteiger partial charge < -0.3 is 10.2 Å². The Balaban J connectivity index is 3.13. The molecule has 0 spiro atoms. The number of aromatic hydroxyl groups is 2. The Morgan fingerprint density at radius 2 is 1.64 bits per heavy atom. The molecule has 0 saturated carbocycles. The van der Waals surface area contributed by atoms with E-state index in [1.807, 2.05) is 6.92 Å². The maximum Gasteiger partial charge on any atom is 0.122 e. The van der Waals surface area contributed by atoms with E-state index in [2.05, 4.69) is 13.8 Å². The quantitative estimate of drug-likeness (QED) is 0.775. The van der Waals surface area contributed by atoms with Crippen molar-refractivity contribution in [3.05, 3.63) is 23.3 Å². The van der Waals surface area contributed by atoms with Crippen molar-refractivity contribution in [2.24, 2.45) is 0 Å². The Bertz CT molecular complexity index is 295. The van der Waals surface area contributed by atoms with Gasteiger partial charge >= 0.3 is 0 Å². The average Bonchev–Trinajstić information content (AvgIpc) is 2.16. The zero-order chi connectivity index (χ0) is 10.7. The van der Waals surface area contributed by atoms with E-state index >= 15 is 0 Å². The average molecular weight is 194 g/mol. The summed E-state index contributed by atoms with van der Waals surface area (Å²) in [5, 5.41) is 19.3. The van der Waals surface area contributed by atoms with Crippen LogP contribution in [0.15, 0.2) is 12.1 Å². The molecule has 14 heavy (non-hydrogen) atoms. The van der Waals surface area contributed by atoms with Gasteiger partial charge in [0.15, 0.2) is 0 Å². The van der Waals surface area contributed by atoms with Crippen LogP contribution in [-0.2, 0) is 6.42 Å². The fourth-order valence-electron chi connectivity index (χ4n) is 1.55. The van der Waals surface area contributed by atoms with Crippen molar-refractivity contribution in [3.63, 3.8) is 0 Å². The van der Waals surface area contributed by atoms with Gasteiger partial charge in [-0.25, -0.2) is 0 Å². The molecule has 1 aromatic carbocycles. The summed E-state index contributed by atoms with van der Waals surface area (Å²) in [5.74, 6) is 0.795. The van der Waals surface area contributed by atoms with E-state index < -0.39 is 0 Å². The molecule has 0 aliphatic heterocycles. The molecule has 0 amide bonds. The molecule has 0 fully saturated rings. The zero-order valence-corrected chi connectivity index (χ0v) is 9.04. The molecule has 1 aromatic rings. The van der Waals surface area contributed by atoms with Crippen LogP contribution in [0.1, 0.15) is 44.2 Å². The van der Waals surface area contributed by atoms with Crippen molar-refractivity contribution in [2.45, 2.75) is 39.5 Å². The molecular weight excluding hydrogens is 176 g/mol. The Hall–Kier alpha value is -1.18. The van der Waals surface area contributed by atoms with Crippen LogP contribution in [0.5, 0.6) is 11.5 Å². The Labute approximate surface area is 85.2 Å². The third-order valence-corrected chi connectivity index (χ3v) is 2.76. The van der Waals surface area contributed by atoms with Gasteiger partial charge in [0, 0.05) is 5.56 Å². The summed E-state index contributed by atoms with van der Waals surface area (Å²) in [6, 6.07) is 3.51. The van der Waals surface area contributed by atoms with E-state index in [1.165, 1.54) is 0 Å². The number of phenolic OH excluding ortho intramolecular Hbond substituents is 2. The van der Waals surface area contributed by atoms with Crippen LogP contribution in [0, 0.1) is 0 Å². The van der Waals surface area contributed by atoms with Crippen LogP contribution in [0.3, 0.4) is 0 Å². The summed E-state index contributed by atoms with van der Waals surface area (Å²) in [7, 11) is 0. The summed E-state index contributed by atoms with van der Waals surface area (Å²) in [6.45, 7) is 6.09. The second-order valence-corrected chi connectivity index (χ2v) is 3.70. The van der Waals surface area contributed by atoms with Crippen molar-refractivity contribution in [2.75, 3.05) is 0 Å². The van der Waals surface area contributed by atoms with Gasteiger partial charge in [-0.15, -0.1) is 0 Å². The number of rotatable bonds is 3. The number of benzene rings is 1. The highest BCUT2D eigenvalue weighted by molar-refractivity contribution is 5.47. The lowest BCUT2D eigenvalue weighted by Crippen LogP contribution is -1.93. The number of phenols is 2. The minimum atomic E-state index is 0.211. The molecule has 2 N–H and O–H groups in total. The third-order valence-electron chi connectivity index (χ3n) is 2.76. The molecule has 0 aliphatic rings. The number of hydrogen-bond donors (Lipinski definition) is 2. The molecule has 0 saturated heterocycles. The highest BCUT2D eigenvalue weighted by Crippen LogP contribution is 2.32. The second-order valence-electron chi connectivity index (χ2n) is 3.70. The lowest BCUT2D eigenvalue weighted by molar-refractivity contribution is 0.437. The van der Waals surface area contributed by atoms with E-state index in [9.17, 15) is 10.2 Å². The van der Waals surface area contributed by atoms with E-state index in [1.54, 1.807) is 12.1 Å². The standard InChI is InChI=1S/C12H18O2/c1-4-8(3)9-6-11(13)10(5-2)12(14)7-9/h6-8,13-14H,4-5H2,1-3H3. The molecule has 0 radical (unpaired) electrons. The zero-order valence-electron chi connectivity index (χ0n) is 9.04. The molecule has 2 heteroatoms. The van der Waals surface area contributed by atoms with Gasteiger partial charge in [-0.1, -0.05) is 20.8 Å². The smallest absolute Gasteiger partial charge is 0.122 e. The maximum absolute atomic E-state index is 9.66. The van der Waals surface area contributed by atoms with Crippen LogP contribution >= 0.6 is 0 Å². The Morgan fingerprint density at radius 3 is 2.00 bits per heavy atom. The lowest BCUT2D eigenvalue weighted by atomic mass is 9.96. The first-order chi connectivity index (χ1) is 6.60. The van der Waals surface area contributed by atoms with Gasteiger partial charge in [0.2, 0.25) is 0 Å². The molecule has 1 atom stereocenters. The maximum atomic E-state index is 9.66. The van der Waals surface area contributed by atoms with Gasteiger partial charge in [0.1, 0.15) is 11.5 Å². The topological polar surface area (TPSA) is 40.5 Å². The van der Waals surface area contributed by atoms with Crippen LogP contribution in [0.25, 0.3) is 0 Å². The molecule has 2 nitrogen and oxygen atoms in total. The van der Waals surface area contributed by atoms with Crippen molar-refractivity contribution >= 4 is 0 Å². The first-order valence-electron chi connectivity index (χ1n) is 5.14. The molecule has 0 aromatic heterocycles. The summed E-state index contributed by atoms with van der Waals surface area (Å²) >= 11 is 0. The van der Waals surface area contributed by atoms with Crippen LogP contribution in [0.4, 0.5) is 0 Å². The summed E-state index contributed by atoms with van der Waals surface area (Å²) in [5.41, 5.74) is 1.64. The Kier molecular flexibility index (Phi) is 3.39. The first-order valence-corrected chi connectivity index (χ1v) is 5.14. The monoisotopic (exact) mass is 194 g/mol. The predicted octanol–water partition coefficient (Wildman–Crippen LogP) is 3.17. The highest BCUT2D eigenvalue weighted by Gasteiger charge is 2.10. The van der Waals surface area contributed by atoms with E-state index in [-0.39, 0.29) is 11.5 Å². The minimum Gasteiger partial charge on any atom is -0.508 e. The van der Waals surface area contributed by atoms with E-state index in [0.717, 1.165) is 12.0 Å². The van der Waals surface area contributed by atoms with Crippen molar-refractivity contribution in [3.8, 4) is 11.5 Å². The van der Waals surface area contributed by atoms with E-state index in [4.69, 9.17) is 0 Å².